The second kappa shape index (κ2) is 18.4. The van der Waals surface area contributed by atoms with Crippen molar-refractivity contribution >= 4 is 23.2 Å². The van der Waals surface area contributed by atoms with Crippen molar-refractivity contribution in [2.75, 3.05) is 13.1 Å². The van der Waals surface area contributed by atoms with Gasteiger partial charge in [0.15, 0.2) is 0 Å². The summed E-state index contributed by atoms with van der Waals surface area (Å²) < 4.78 is 0. The fourth-order valence-corrected chi connectivity index (χ4v) is 2.57. The number of nitro benzene ring substituents is 2. The summed E-state index contributed by atoms with van der Waals surface area (Å²) in [4.78, 5) is 40.3. The highest BCUT2D eigenvalue weighted by Crippen LogP contribution is 2.11. The van der Waals surface area contributed by atoms with E-state index in [1.54, 1.807) is 0 Å². The SMILES string of the molecule is CCC(C)NCCCNC(C)CC.NC(=O)c1ccc([N+](=O)[O-])cc1.NC(=O)c1ccc([N+](=O)[O-])cc1. The van der Waals surface area contributed by atoms with Crippen LogP contribution in [0.4, 0.5) is 11.4 Å². The van der Waals surface area contributed by atoms with Crippen molar-refractivity contribution in [3.8, 4) is 0 Å². The maximum atomic E-state index is 10.5. The first kappa shape index (κ1) is 33.1. The van der Waals surface area contributed by atoms with Gasteiger partial charge in [0.1, 0.15) is 0 Å². The molecule has 12 nitrogen and oxygen atoms in total. The van der Waals surface area contributed by atoms with Crippen LogP contribution in [-0.2, 0) is 0 Å². The quantitative estimate of drug-likeness (QED) is 0.186. The van der Waals surface area contributed by atoms with E-state index in [1.165, 1.54) is 67.8 Å². The molecule has 6 N–H and O–H groups in total. The number of carbonyl (C=O) groups excluding carboxylic acids is 2. The lowest BCUT2D eigenvalue weighted by molar-refractivity contribution is -0.385. The van der Waals surface area contributed by atoms with E-state index in [1.807, 2.05) is 0 Å². The minimum absolute atomic E-state index is 0.0556. The van der Waals surface area contributed by atoms with Crippen LogP contribution in [0.3, 0.4) is 0 Å². The Morgan fingerprint density at radius 2 is 1.03 bits per heavy atom. The number of amides is 2. The van der Waals surface area contributed by atoms with Crippen molar-refractivity contribution in [3.63, 3.8) is 0 Å². The summed E-state index contributed by atoms with van der Waals surface area (Å²) in [6, 6.07) is 11.6. The molecule has 0 aliphatic heterocycles. The zero-order valence-corrected chi connectivity index (χ0v) is 21.8. The molecule has 0 spiro atoms. The van der Waals surface area contributed by atoms with Crippen LogP contribution in [0.2, 0.25) is 0 Å². The van der Waals surface area contributed by atoms with Crippen molar-refractivity contribution < 1.29 is 19.4 Å². The number of benzene rings is 2. The standard InChI is InChI=1S/C11H26N2.2C7H6N2O3/c1-5-10(3)12-8-7-9-13-11(4)6-2;2*8-7(10)5-1-3-6(4-2-5)9(11)12/h10-13H,5-9H2,1-4H3;2*1-4H,(H2,8,10). The van der Waals surface area contributed by atoms with E-state index in [-0.39, 0.29) is 22.5 Å². The summed E-state index contributed by atoms with van der Waals surface area (Å²) in [6.45, 7) is 11.2. The first-order chi connectivity index (χ1) is 17.4. The average molecular weight is 519 g/mol. The Balaban J connectivity index is 0.000000526. The zero-order chi connectivity index (χ0) is 28.4. The van der Waals surface area contributed by atoms with Crippen molar-refractivity contribution in [2.45, 2.75) is 59.0 Å². The zero-order valence-electron chi connectivity index (χ0n) is 21.8. The Morgan fingerprint density at radius 1 is 0.730 bits per heavy atom. The summed E-state index contributed by atoms with van der Waals surface area (Å²) in [5.41, 5.74) is 10.3. The van der Waals surface area contributed by atoms with Crippen LogP contribution < -0.4 is 22.1 Å². The summed E-state index contributed by atoms with van der Waals surface area (Å²) in [5.74, 6) is -1.19. The molecule has 2 rings (SSSR count). The molecule has 0 aliphatic carbocycles. The van der Waals surface area contributed by atoms with E-state index in [0.717, 1.165) is 13.1 Å². The van der Waals surface area contributed by atoms with Crippen LogP contribution in [0, 0.1) is 20.2 Å². The highest BCUT2D eigenvalue weighted by Gasteiger charge is 2.06. The summed E-state index contributed by atoms with van der Waals surface area (Å²) >= 11 is 0. The van der Waals surface area contributed by atoms with Gasteiger partial charge in [-0.15, -0.1) is 0 Å². The molecule has 0 aromatic heterocycles. The second-order valence-corrected chi connectivity index (χ2v) is 8.22. The minimum Gasteiger partial charge on any atom is -0.366 e. The van der Waals surface area contributed by atoms with Crippen LogP contribution >= 0.6 is 0 Å². The molecule has 2 amide bonds. The van der Waals surface area contributed by atoms with Gasteiger partial charge in [0.25, 0.3) is 11.4 Å². The fraction of sp³-hybridized carbons (Fsp3) is 0.440. The highest BCUT2D eigenvalue weighted by molar-refractivity contribution is 5.93. The number of nitrogens with zero attached hydrogens (tertiary/aromatic N) is 2. The van der Waals surface area contributed by atoms with Gasteiger partial charge in [-0.2, -0.15) is 0 Å². The summed E-state index contributed by atoms with van der Waals surface area (Å²) in [6.07, 6.45) is 3.67. The Bertz CT molecular complexity index is 837. The maximum absolute atomic E-state index is 10.5. The van der Waals surface area contributed by atoms with Gasteiger partial charge < -0.3 is 22.1 Å². The average Bonchev–Trinajstić information content (AvgIpc) is 2.88. The molecular formula is C25H38N6O6. The van der Waals surface area contributed by atoms with Crippen LogP contribution in [0.5, 0.6) is 0 Å². The van der Waals surface area contributed by atoms with Gasteiger partial charge in [-0.3, -0.25) is 29.8 Å². The molecule has 0 heterocycles. The molecule has 0 saturated carbocycles. The van der Waals surface area contributed by atoms with Crippen molar-refractivity contribution in [2.24, 2.45) is 11.5 Å². The van der Waals surface area contributed by atoms with Crippen molar-refractivity contribution in [3.05, 3.63) is 79.9 Å². The molecule has 2 atom stereocenters. The molecule has 2 aromatic carbocycles. The van der Waals surface area contributed by atoms with Crippen LogP contribution in [-0.4, -0.2) is 46.8 Å². The minimum atomic E-state index is -0.593. The van der Waals surface area contributed by atoms with Gasteiger partial charge in [0.2, 0.25) is 11.8 Å². The predicted molar refractivity (Wildman–Crippen MR) is 143 cm³/mol. The van der Waals surface area contributed by atoms with Crippen LogP contribution in [0.15, 0.2) is 48.5 Å². The molecule has 0 radical (unpaired) electrons. The van der Waals surface area contributed by atoms with Crippen molar-refractivity contribution in [1.29, 1.82) is 0 Å². The van der Waals surface area contributed by atoms with E-state index < -0.39 is 21.7 Å². The van der Waals surface area contributed by atoms with Gasteiger partial charge in [-0.25, -0.2) is 0 Å². The topological polar surface area (TPSA) is 197 Å². The maximum Gasteiger partial charge on any atom is 0.269 e. The Labute approximate surface area is 217 Å². The first-order valence-corrected chi connectivity index (χ1v) is 12.0. The van der Waals surface area contributed by atoms with Gasteiger partial charge in [0, 0.05) is 47.5 Å². The molecule has 0 aliphatic rings. The Morgan fingerprint density at radius 3 is 1.24 bits per heavy atom. The normalized spacial score (nSPS) is 11.6. The molecule has 204 valence electrons. The third kappa shape index (κ3) is 15.0. The smallest absolute Gasteiger partial charge is 0.269 e. The number of rotatable bonds is 12. The number of nitro groups is 2. The monoisotopic (exact) mass is 518 g/mol. The van der Waals surface area contributed by atoms with E-state index in [4.69, 9.17) is 11.5 Å². The lowest BCUT2D eigenvalue weighted by Crippen LogP contribution is -2.31. The molecule has 37 heavy (non-hydrogen) atoms. The van der Waals surface area contributed by atoms with Gasteiger partial charge in [-0.1, -0.05) is 13.8 Å². The fourth-order valence-electron chi connectivity index (χ4n) is 2.57. The lowest BCUT2D eigenvalue weighted by Gasteiger charge is -2.13. The molecule has 0 fully saturated rings. The number of primary amides is 2. The Hall–Kier alpha value is -3.90. The molecule has 2 unspecified atom stereocenters. The number of nitrogens with two attached hydrogens (primary N) is 2. The van der Waals surface area contributed by atoms with Gasteiger partial charge in [-0.05, 0) is 70.5 Å². The molecule has 0 saturated heterocycles. The van der Waals surface area contributed by atoms with Gasteiger partial charge >= 0.3 is 0 Å². The first-order valence-electron chi connectivity index (χ1n) is 12.0. The van der Waals surface area contributed by atoms with E-state index in [0.29, 0.717) is 12.1 Å². The van der Waals surface area contributed by atoms with E-state index >= 15 is 0 Å². The number of hydrogen-bond donors (Lipinski definition) is 4. The number of carbonyl (C=O) groups is 2. The molecule has 0 bridgehead atoms. The van der Waals surface area contributed by atoms with Crippen LogP contribution in [0.25, 0.3) is 0 Å². The van der Waals surface area contributed by atoms with Crippen molar-refractivity contribution in [1.82, 2.24) is 10.6 Å². The summed E-state index contributed by atoms with van der Waals surface area (Å²) in [7, 11) is 0. The Kier molecular flexibility index (Phi) is 16.4. The predicted octanol–water partition coefficient (Wildman–Crippen LogP) is 3.54. The summed E-state index contributed by atoms with van der Waals surface area (Å²) in [5, 5.41) is 27.3. The van der Waals surface area contributed by atoms with Crippen LogP contribution in [0.1, 0.15) is 67.7 Å². The molecular weight excluding hydrogens is 480 g/mol. The number of hydrogen-bond acceptors (Lipinski definition) is 8. The van der Waals surface area contributed by atoms with E-state index in [9.17, 15) is 29.8 Å². The molecule has 2 aromatic rings. The third-order valence-corrected chi connectivity index (χ3v) is 5.29. The number of non-ortho nitro benzene ring substituents is 2. The second-order valence-electron chi connectivity index (χ2n) is 8.22. The largest absolute Gasteiger partial charge is 0.366 e. The molecule has 12 heteroatoms. The number of nitrogens with one attached hydrogen (secondary N) is 2. The lowest BCUT2D eigenvalue weighted by atomic mass is 10.2. The van der Waals surface area contributed by atoms with Gasteiger partial charge in [0.05, 0.1) is 9.85 Å². The van der Waals surface area contributed by atoms with E-state index in [2.05, 4.69) is 38.3 Å². The third-order valence-electron chi connectivity index (χ3n) is 5.29. The highest BCUT2D eigenvalue weighted by atomic mass is 16.6.